The number of esters is 1. The van der Waals surface area contributed by atoms with Crippen LogP contribution in [0.15, 0.2) is 28.7 Å². The highest BCUT2D eigenvalue weighted by Gasteiger charge is 2.21. The maximum atomic E-state index is 12.6. The molecule has 0 aromatic carbocycles. The molecule has 0 aliphatic rings. The van der Waals surface area contributed by atoms with Crippen molar-refractivity contribution < 1.29 is 14.3 Å². The number of hydrogen-bond donors (Lipinski definition) is 1. The lowest BCUT2D eigenvalue weighted by Crippen LogP contribution is -2.16. The van der Waals surface area contributed by atoms with Gasteiger partial charge in [0.05, 0.1) is 22.8 Å². The van der Waals surface area contributed by atoms with E-state index in [9.17, 15) is 9.59 Å². The Morgan fingerprint density at radius 3 is 2.73 bits per heavy atom. The van der Waals surface area contributed by atoms with Crippen LogP contribution in [-0.4, -0.2) is 39.0 Å². The molecule has 0 unspecified atom stereocenters. The molecule has 0 radical (unpaired) electrons. The normalized spacial score (nSPS) is 11.1. The lowest BCUT2D eigenvalue weighted by Gasteiger charge is -2.07. The molecule has 0 saturated carbocycles. The molecule has 10 heteroatoms. The number of aromatic nitrogens is 3. The third-order valence-corrected chi connectivity index (χ3v) is 7.36. The molecule has 0 fully saturated rings. The summed E-state index contributed by atoms with van der Waals surface area (Å²) in [6.07, 6.45) is 0. The molecule has 0 atom stereocenters. The standard InChI is InChI=1S/C20H24N4O3S3/c1-5-24-17(14-8-7-9-28-14)22-23-20(24)29-11-16(25)21-18-13(19(26)27-6-2)10-15(30-18)12(3)4/h7-10,12H,5-6,11H2,1-4H3,(H,21,25). The molecule has 3 heterocycles. The summed E-state index contributed by atoms with van der Waals surface area (Å²) in [5.41, 5.74) is 0.403. The van der Waals surface area contributed by atoms with Gasteiger partial charge in [0, 0.05) is 11.4 Å². The zero-order chi connectivity index (χ0) is 21.7. The average molecular weight is 465 g/mol. The highest BCUT2D eigenvalue weighted by Crippen LogP contribution is 2.34. The predicted octanol–water partition coefficient (Wildman–Crippen LogP) is 5.12. The minimum absolute atomic E-state index is 0.166. The van der Waals surface area contributed by atoms with E-state index in [1.54, 1.807) is 24.3 Å². The molecule has 1 amide bonds. The fraction of sp³-hybridized carbons (Fsp3) is 0.400. The summed E-state index contributed by atoms with van der Waals surface area (Å²) in [6.45, 7) is 8.87. The van der Waals surface area contributed by atoms with E-state index in [1.807, 2.05) is 42.9 Å². The molecule has 0 bridgehead atoms. The van der Waals surface area contributed by atoms with Gasteiger partial charge in [0.1, 0.15) is 5.00 Å². The molecule has 0 aliphatic carbocycles. The molecule has 3 aromatic rings. The van der Waals surface area contributed by atoms with Crippen LogP contribution >= 0.6 is 34.4 Å². The molecular formula is C20H24N4O3S3. The van der Waals surface area contributed by atoms with E-state index in [2.05, 4.69) is 15.5 Å². The number of carbonyl (C=O) groups excluding carboxylic acids is 2. The number of rotatable bonds is 9. The number of thioether (sulfide) groups is 1. The first-order valence-corrected chi connectivity index (χ1v) is 12.3. The zero-order valence-electron chi connectivity index (χ0n) is 17.3. The first-order valence-electron chi connectivity index (χ1n) is 9.65. The van der Waals surface area contributed by atoms with E-state index >= 15 is 0 Å². The van der Waals surface area contributed by atoms with Crippen molar-refractivity contribution >= 4 is 51.3 Å². The van der Waals surface area contributed by atoms with Gasteiger partial charge >= 0.3 is 5.97 Å². The van der Waals surface area contributed by atoms with Crippen molar-refractivity contribution in [3.8, 4) is 10.7 Å². The molecule has 1 N–H and O–H groups in total. The van der Waals surface area contributed by atoms with E-state index in [4.69, 9.17) is 4.74 Å². The van der Waals surface area contributed by atoms with Crippen molar-refractivity contribution in [2.75, 3.05) is 17.7 Å². The number of ether oxygens (including phenoxy) is 1. The van der Waals surface area contributed by atoms with Gasteiger partial charge in [-0.1, -0.05) is 31.7 Å². The zero-order valence-corrected chi connectivity index (χ0v) is 19.7. The molecule has 3 rings (SSSR count). The monoisotopic (exact) mass is 464 g/mol. The molecule has 0 saturated heterocycles. The lowest BCUT2D eigenvalue weighted by molar-refractivity contribution is -0.113. The Balaban J connectivity index is 1.70. The van der Waals surface area contributed by atoms with E-state index in [1.165, 1.54) is 23.1 Å². The lowest BCUT2D eigenvalue weighted by atomic mass is 10.1. The number of nitrogens with zero attached hydrogens (tertiary/aromatic N) is 3. The van der Waals surface area contributed by atoms with Gasteiger partial charge in [-0.15, -0.1) is 32.9 Å². The minimum Gasteiger partial charge on any atom is -0.462 e. The molecular weight excluding hydrogens is 440 g/mol. The highest BCUT2D eigenvalue weighted by atomic mass is 32.2. The number of carbonyl (C=O) groups is 2. The summed E-state index contributed by atoms with van der Waals surface area (Å²) < 4.78 is 7.13. The second-order valence-corrected chi connectivity index (χ2v) is 9.61. The topological polar surface area (TPSA) is 86.1 Å². The molecule has 0 aliphatic heterocycles. The van der Waals surface area contributed by atoms with Crippen molar-refractivity contribution in [1.29, 1.82) is 0 Å². The van der Waals surface area contributed by atoms with Crippen molar-refractivity contribution in [2.24, 2.45) is 0 Å². The first kappa shape index (κ1) is 22.5. The van der Waals surface area contributed by atoms with Crippen molar-refractivity contribution in [3.63, 3.8) is 0 Å². The Bertz CT molecular complexity index is 1010. The summed E-state index contributed by atoms with van der Waals surface area (Å²) in [5.74, 6) is 0.600. The summed E-state index contributed by atoms with van der Waals surface area (Å²) in [4.78, 5) is 26.9. The Kier molecular flexibility index (Phi) is 7.68. The molecule has 3 aromatic heterocycles. The first-order chi connectivity index (χ1) is 14.4. The SMILES string of the molecule is CCOC(=O)c1cc(C(C)C)sc1NC(=O)CSc1nnc(-c2cccs2)n1CC. The third-order valence-electron chi connectivity index (χ3n) is 4.18. The summed E-state index contributed by atoms with van der Waals surface area (Å²) >= 11 is 4.34. The van der Waals surface area contributed by atoms with Crippen molar-refractivity contribution in [1.82, 2.24) is 14.8 Å². The highest BCUT2D eigenvalue weighted by molar-refractivity contribution is 7.99. The second-order valence-electron chi connectivity index (χ2n) is 6.63. The van der Waals surface area contributed by atoms with Crippen molar-refractivity contribution in [3.05, 3.63) is 34.0 Å². The number of amides is 1. The van der Waals surface area contributed by atoms with Crippen molar-refractivity contribution in [2.45, 2.75) is 45.3 Å². The largest absolute Gasteiger partial charge is 0.462 e. The van der Waals surface area contributed by atoms with Gasteiger partial charge in [-0.2, -0.15) is 0 Å². The van der Waals surface area contributed by atoms with Crippen LogP contribution in [0.4, 0.5) is 5.00 Å². The molecule has 7 nitrogen and oxygen atoms in total. The Morgan fingerprint density at radius 1 is 1.30 bits per heavy atom. The van der Waals surface area contributed by atoms with Gasteiger partial charge < -0.3 is 14.6 Å². The van der Waals surface area contributed by atoms with E-state index in [0.29, 0.717) is 22.3 Å². The van der Waals surface area contributed by atoms with Crippen LogP contribution in [0.1, 0.15) is 48.8 Å². The fourth-order valence-corrected chi connectivity index (χ4v) is 5.29. The second kappa shape index (κ2) is 10.2. The van der Waals surface area contributed by atoms with Crippen LogP contribution in [0.5, 0.6) is 0 Å². The van der Waals surface area contributed by atoms with Gasteiger partial charge in [0.15, 0.2) is 11.0 Å². The van der Waals surface area contributed by atoms with Gasteiger partial charge in [-0.05, 0) is 37.3 Å². The summed E-state index contributed by atoms with van der Waals surface area (Å²) in [6, 6.07) is 5.78. The fourth-order valence-electron chi connectivity index (χ4n) is 2.71. The van der Waals surface area contributed by atoms with E-state index < -0.39 is 5.97 Å². The average Bonchev–Trinajstić information content (AvgIpc) is 3.45. The van der Waals surface area contributed by atoms with Crippen LogP contribution < -0.4 is 5.32 Å². The molecule has 30 heavy (non-hydrogen) atoms. The van der Waals surface area contributed by atoms with Gasteiger partial charge in [-0.25, -0.2) is 4.79 Å². The molecule has 160 valence electrons. The van der Waals surface area contributed by atoms with Gasteiger partial charge in [-0.3, -0.25) is 4.79 Å². The number of hydrogen-bond acceptors (Lipinski definition) is 8. The molecule has 0 spiro atoms. The minimum atomic E-state index is -0.421. The quantitative estimate of drug-likeness (QED) is 0.349. The van der Waals surface area contributed by atoms with Crippen LogP contribution in [0.25, 0.3) is 10.7 Å². The maximum Gasteiger partial charge on any atom is 0.341 e. The van der Waals surface area contributed by atoms with E-state index in [-0.39, 0.29) is 24.2 Å². The summed E-state index contributed by atoms with van der Waals surface area (Å²) in [5, 5.41) is 14.6. The maximum absolute atomic E-state index is 12.6. The summed E-state index contributed by atoms with van der Waals surface area (Å²) in [7, 11) is 0. The Labute approximate surface area is 187 Å². The number of thiophene rings is 2. The third kappa shape index (κ3) is 5.11. The Hall–Kier alpha value is -2.17. The predicted molar refractivity (Wildman–Crippen MR) is 123 cm³/mol. The van der Waals surface area contributed by atoms with E-state index in [0.717, 1.165) is 15.6 Å². The van der Waals surface area contributed by atoms with Gasteiger partial charge in [0.2, 0.25) is 5.91 Å². The number of nitrogens with one attached hydrogen (secondary N) is 1. The number of anilines is 1. The van der Waals surface area contributed by atoms with Gasteiger partial charge in [0.25, 0.3) is 0 Å². The van der Waals surface area contributed by atoms with Crippen LogP contribution in [0, 0.1) is 0 Å². The van der Waals surface area contributed by atoms with Crippen LogP contribution in [0.2, 0.25) is 0 Å². The smallest absolute Gasteiger partial charge is 0.341 e. The Morgan fingerprint density at radius 2 is 2.10 bits per heavy atom. The van der Waals surface area contributed by atoms with Crippen LogP contribution in [0.3, 0.4) is 0 Å². The van der Waals surface area contributed by atoms with Crippen LogP contribution in [-0.2, 0) is 16.1 Å².